The van der Waals surface area contributed by atoms with Gasteiger partial charge in [0.15, 0.2) is 0 Å². The molecule has 1 aliphatic rings. The highest BCUT2D eigenvalue weighted by atomic mass is 19.1. The van der Waals surface area contributed by atoms with Crippen LogP contribution in [0.5, 0.6) is 0 Å². The van der Waals surface area contributed by atoms with Crippen LogP contribution < -0.4 is 5.46 Å². The lowest BCUT2D eigenvalue weighted by molar-refractivity contribution is 0.00578. The first-order chi connectivity index (χ1) is 9.30. The van der Waals surface area contributed by atoms with Gasteiger partial charge in [-0.1, -0.05) is 18.2 Å². The molecule has 0 N–H and O–H groups in total. The van der Waals surface area contributed by atoms with E-state index in [0.717, 1.165) is 10.8 Å². The molecule has 2 heterocycles. The van der Waals surface area contributed by atoms with Crippen LogP contribution in [0.2, 0.25) is 0 Å². The summed E-state index contributed by atoms with van der Waals surface area (Å²) in [5, 5.41) is 1.30. The first-order valence-electron chi connectivity index (χ1n) is 6.70. The van der Waals surface area contributed by atoms with Crippen LogP contribution in [0, 0.1) is 5.95 Å². The molecule has 1 aromatic carbocycles. The van der Waals surface area contributed by atoms with E-state index >= 15 is 0 Å². The topological polar surface area (TPSA) is 31.4 Å². The molecule has 1 fully saturated rings. The van der Waals surface area contributed by atoms with E-state index in [1.807, 2.05) is 39.8 Å². The normalized spacial score (nSPS) is 20.6. The summed E-state index contributed by atoms with van der Waals surface area (Å²) >= 11 is 0. The van der Waals surface area contributed by atoms with E-state index in [2.05, 4.69) is 4.98 Å². The Bertz CT molecular complexity index is 656. The summed E-state index contributed by atoms with van der Waals surface area (Å²) in [6, 6.07) is 7.22. The third-order valence-electron chi connectivity index (χ3n) is 4.27. The Hall–Kier alpha value is -1.46. The Balaban J connectivity index is 2.00. The van der Waals surface area contributed by atoms with Gasteiger partial charge in [0.05, 0.1) is 11.2 Å². The van der Waals surface area contributed by atoms with Crippen LogP contribution in [0.25, 0.3) is 10.8 Å². The zero-order chi connectivity index (χ0) is 14.5. The SMILES string of the molecule is CC1(C)OB(c2ccc3c(F)nccc3c2)OC1(C)C. The van der Waals surface area contributed by atoms with Gasteiger partial charge in [-0.05, 0) is 44.6 Å². The van der Waals surface area contributed by atoms with Gasteiger partial charge in [0.2, 0.25) is 5.95 Å². The lowest BCUT2D eigenvalue weighted by atomic mass is 9.78. The average molecular weight is 273 g/mol. The molecule has 1 aliphatic heterocycles. The molecule has 1 saturated heterocycles. The van der Waals surface area contributed by atoms with Crippen LogP contribution in [0.4, 0.5) is 4.39 Å². The molecule has 0 radical (unpaired) electrons. The Morgan fingerprint density at radius 3 is 2.35 bits per heavy atom. The van der Waals surface area contributed by atoms with E-state index in [-0.39, 0.29) is 11.2 Å². The molecule has 0 amide bonds. The molecule has 3 nitrogen and oxygen atoms in total. The molecule has 0 saturated carbocycles. The van der Waals surface area contributed by atoms with Crippen molar-refractivity contribution in [3.05, 3.63) is 36.4 Å². The van der Waals surface area contributed by atoms with Crippen LogP contribution >= 0.6 is 0 Å². The smallest absolute Gasteiger partial charge is 0.399 e. The van der Waals surface area contributed by atoms with Crippen molar-refractivity contribution in [2.75, 3.05) is 0 Å². The monoisotopic (exact) mass is 273 g/mol. The third kappa shape index (κ3) is 2.01. The van der Waals surface area contributed by atoms with Gasteiger partial charge in [-0.3, -0.25) is 0 Å². The summed E-state index contributed by atoms with van der Waals surface area (Å²) in [4.78, 5) is 3.65. The van der Waals surface area contributed by atoms with Crippen molar-refractivity contribution >= 4 is 23.4 Å². The number of halogens is 1. The molecule has 0 unspecified atom stereocenters. The highest BCUT2D eigenvalue weighted by Crippen LogP contribution is 2.36. The molecule has 0 aliphatic carbocycles. The predicted octanol–water partition coefficient (Wildman–Crippen LogP) is 2.67. The molecule has 2 aromatic rings. The number of benzene rings is 1. The number of hydrogen-bond acceptors (Lipinski definition) is 3. The van der Waals surface area contributed by atoms with Crippen molar-refractivity contribution in [1.29, 1.82) is 0 Å². The van der Waals surface area contributed by atoms with E-state index in [1.54, 1.807) is 12.1 Å². The number of fused-ring (bicyclic) bond motifs is 1. The fourth-order valence-corrected chi connectivity index (χ4v) is 2.29. The van der Waals surface area contributed by atoms with Gasteiger partial charge in [0, 0.05) is 11.6 Å². The summed E-state index contributed by atoms with van der Waals surface area (Å²) < 4.78 is 25.6. The van der Waals surface area contributed by atoms with Crippen molar-refractivity contribution in [3.63, 3.8) is 0 Å². The number of hydrogen-bond donors (Lipinski definition) is 0. The number of rotatable bonds is 1. The van der Waals surface area contributed by atoms with Crippen molar-refractivity contribution < 1.29 is 13.7 Å². The minimum Gasteiger partial charge on any atom is -0.399 e. The molecule has 0 spiro atoms. The molecule has 3 rings (SSSR count). The Morgan fingerprint density at radius 2 is 1.70 bits per heavy atom. The summed E-state index contributed by atoms with van der Waals surface area (Å²) in [7, 11) is -0.430. The molecule has 5 heteroatoms. The third-order valence-corrected chi connectivity index (χ3v) is 4.27. The minimum absolute atomic E-state index is 0.379. The van der Waals surface area contributed by atoms with Crippen molar-refractivity contribution in [3.8, 4) is 0 Å². The fraction of sp³-hybridized carbons (Fsp3) is 0.400. The summed E-state index contributed by atoms with van der Waals surface area (Å²) in [5.41, 5.74) is 0.133. The fourth-order valence-electron chi connectivity index (χ4n) is 2.29. The molecular formula is C15H17BFNO2. The Labute approximate surface area is 118 Å². The van der Waals surface area contributed by atoms with E-state index in [1.165, 1.54) is 6.20 Å². The molecule has 0 bridgehead atoms. The lowest BCUT2D eigenvalue weighted by Gasteiger charge is -2.32. The number of nitrogens with zero attached hydrogens (tertiary/aromatic N) is 1. The van der Waals surface area contributed by atoms with Gasteiger partial charge in [0.25, 0.3) is 0 Å². The van der Waals surface area contributed by atoms with Crippen LogP contribution in [-0.4, -0.2) is 23.3 Å². The predicted molar refractivity (Wildman–Crippen MR) is 77.4 cm³/mol. The minimum atomic E-state index is -0.456. The number of pyridine rings is 1. The van der Waals surface area contributed by atoms with Gasteiger partial charge < -0.3 is 9.31 Å². The second-order valence-corrected chi connectivity index (χ2v) is 6.17. The van der Waals surface area contributed by atoms with Gasteiger partial charge in [-0.15, -0.1) is 0 Å². The largest absolute Gasteiger partial charge is 0.494 e. The summed E-state index contributed by atoms with van der Waals surface area (Å²) in [6.07, 6.45) is 1.46. The van der Waals surface area contributed by atoms with Gasteiger partial charge in [-0.25, -0.2) is 4.98 Å². The quantitative estimate of drug-likeness (QED) is 0.591. The van der Waals surface area contributed by atoms with Crippen LogP contribution in [0.3, 0.4) is 0 Å². The molecular weight excluding hydrogens is 256 g/mol. The van der Waals surface area contributed by atoms with E-state index < -0.39 is 13.1 Å². The first-order valence-corrected chi connectivity index (χ1v) is 6.70. The first kappa shape index (κ1) is 13.5. The lowest BCUT2D eigenvalue weighted by Crippen LogP contribution is -2.41. The zero-order valence-corrected chi connectivity index (χ0v) is 12.1. The van der Waals surface area contributed by atoms with Crippen molar-refractivity contribution in [2.45, 2.75) is 38.9 Å². The summed E-state index contributed by atoms with van der Waals surface area (Å²) in [6.45, 7) is 8.05. The van der Waals surface area contributed by atoms with Gasteiger partial charge in [-0.2, -0.15) is 4.39 Å². The van der Waals surface area contributed by atoms with Crippen molar-refractivity contribution in [2.24, 2.45) is 0 Å². The van der Waals surface area contributed by atoms with Crippen molar-refractivity contribution in [1.82, 2.24) is 4.98 Å². The average Bonchev–Trinajstić information content (AvgIpc) is 2.58. The summed E-state index contributed by atoms with van der Waals surface area (Å²) in [5.74, 6) is -0.456. The highest BCUT2D eigenvalue weighted by molar-refractivity contribution is 6.62. The molecule has 1 aromatic heterocycles. The molecule has 104 valence electrons. The number of aromatic nitrogens is 1. The van der Waals surface area contributed by atoms with E-state index in [4.69, 9.17) is 9.31 Å². The maximum atomic E-state index is 13.6. The highest BCUT2D eigenvalue weighted by Gasteiger charge is 2.51. The standard InChI is InChI=1S/C15H17BFNO2/c1-14(2)15(3,4)20-16(19-14)11-5-6-12-10(9-11)7-8-18-13(12)17/h5-9H,1-4H3. The van der Waals surface area contributed by atoms with E-state index in [0.29, 0.717) is 5.39 Å². The van der Waals surface area contributed by atoms with Crippen LogP contribution in [0.1, 0.15) is 27.7 Å². The van der Waals surface area contributed by atoms with Crippen LogP contribution in [0.15, 0.2) is 30.5 Å². The van der Waals surface area contributed by atoms with Gasteiger partial charge >= 0.3 is 7.12 Å². The maximum absolute atomic E-state index is 13.6. The zero-order valence-electron chi connectivity index (χ0n) is 12.1. The van der Waals surface area contributed by atoms with Gasteiger partial charge in [0.1, 0.15) is 0 Å². The molecule has 20 heavy (non-hydrogen) atoms. The van der Waals surface area contributed by atoms with Crippen LogP contribution in [-0.2, 0) is 9.31 Å². The maximum Gasteiger partial charge on any atom is 0.494 e. The Morgan fingerprint density at radius 1 is 1.05 bits per heavy atom. The van der Waals surface area contributed by atoms with E-state index in [9.17, 15) is 4.39 Å². The molecule has 0 atom stereocenters. The Kier molecular flexibility index (Phi) is 2.89. The second kappa shape index (κ2) is 4.27. The second-order valence-electron chi connectivity index (χ2n) is 6.17.